The van der Waals surface area contributed by atoms with Crippen molar-refractivity contribution in [2.75, 3.05) is 0 Å². The second-order valence-corrected chi connectivity index (χ2v) is 8.35. The van der Waals surface area contributed by atoms with Gasteiger partial charge in [0.05, 0.1) is 6.07 Å². The molecular formula is C19H35BN2. The minimum Gasteiger partial charge on any atom is -0.372 e. The smallest absolute Gasteiger partial charge is 0.204 e. The van der Waals surface area contributed by atoms with Crippen molar-refractivity contribution in [2.45, 2.75) is 91.3 Å². The minimum atomic E-state index is 0.107. The lowest BCUT2D eigenvalue weighted by Gasteiger charge is -2.45. The van der Waals surface area contributed by atoms with Crippen LogP contribution in [0.5, 0.6) is 0 Å². The van der Waals surface area contributed by atoms with Crippen molar-refractivity contribution in [2.24, 2.45) is 16.5 Å². The third-order valence-corrected chi connectivity index (χ3v) is 6.59. The number of allylic oxidation sites excluding steroid dienone is 2. The van der Waals surface area contributed by atoms with Crippen LogP contribution in [-0.4, -0.2) is 7.41 Å². The van der Waals surface area contributed by atoms with Gasteiger partial charge in [-0.2, -0.15) is 5.26 Å². The maximum Gasteiger partial charge on any atom is 0.204 e. The average molecular weight is 302 g/mol. The number of nitriles is 1. The predicted molar refractivity (Wildman–Crippen MR) is 97.9 cm³/mol. The molecule has 2 nitrogen and oxygen atoms in total. The van der Waals surface area contributed by atoms with Crippen molar-refractivity contribution in [3.05, 3.63) is 11.6 Å². The van der Waals surface area contributed by atoms with Gasteiger partial charge in [-0.15, -0.1) is 0 Å². The maximum absolute atomic E-state index is 9.19. The second kappa shape index (κ2) is 7.69. The molecule has 1 aliphatic rings. The summed E-state index contributed by atoms with van der Waals surface area (Å²) < 4.78 is 0. The molecule has 0 aliphatic heterocycles. The van der Waals surface area contributed by atoms with E-state index in [1.165, 1.54) is 44.9 Å². The molecule has 1 rings (SSSR count). The Kier molecular flexibility index (Phi) is 6.74. The summed E-state index contributed by atoms with van der Waals surface area (Å²) in [6.45, 7) is 11.4. The zero-order valence-corrected chi connectivity index (χ0v) is 15.5. The van der Waals surface area contributed by atoms with E-state index in [9.17, 15) is 5.26 Å². The zero-order chi connectivity index (χ0) is 16.9. The van der Waals surface area contributed by atoms with Crippen LogP contribution in [0.4, 0.5) is 0 Å². The summed E-state index contributed by atoms with van der Waals surface area (Å²) in [6.07, 6.45) is 12.1. The van der Waals surface area contributed by atoms with E-state index in [4.69, 9.17) is 5.64 Å². The zero-order valence-electron chi connectivity index (χ0n) is 15.5. The quantitative estimate of drug-likeness (QED) is 0.579. The summed E-state index contributed by atoms with van der Waals surface area (Å²) in [6, 6.07) is 2.32. The van der Waals surface area contributed by atoms with Crippen molar-refractivity contribution in [3.63, 3.8) is 0 Å². The fourth-order valence-corrected chi connectivity index (χ4v) is 4.21. The van der Waals surface area contributed by atoms with Gasteiger partial charge in [0.15, 0.2) is 0 Å². The molecule has 0 aromatic carbocycles. The Morgan fingerprint density at radius 3 is 2.32 bits per heavy atom. The Bertz CT molecular complexity index is 439. The number of rotatable bonds is 4. The fourth-order valence-electron chi connectivity index (χ4n) is 4.21. The topological polar surface area (TPSA) is 49.8 Å². The summed E-state index contributed by atoms with van der Waals surface area (Å²) in [5.74, 6) is 0. The first-order valence-corrected chi connectivity index (χ1v) is 9.04. The molecule has 2 N–H and O–H groups in total. The van der Waals surface area contributed by atoms with E-state index in [0.717, 1.165) is 19.4 Å². The number of hydrogen-bond acceptors (Lipinski definition) is 2. The predicted octanol–water partition coefficient (Wildman–Crippen LogP) is 5.11. The molecule has 3 unspecified atom stereocenters. The lowest BCUT2D eigenvalue weighted by Crippen LogP contribution is -2.36. The maximum atomic E-state index is 9.19. The highest BCUT2D eigenvalue weighted by atomic mass is 14.5. The van der Waals surface area contributed by atoms with E-state index in [1.807, 2.05) is 6.92 Å². The van der Waals surface area contributed by atoms with Crippen LogP contribution in [0.15, 0.2) is 11.6 Å². The van der Waals surface area contributed by atoms with E-state index < -0.39 is 0 Å². The highest BCUT2D eigenvalue weighted by molar-refractivity contribution is 6.35. The van der Waals surface area contributed by atoms with Gasteiger partial charge in [0, 0.05) is 5.57 Å². The Morgan fingerprint density at radius 1 is 1.23 bits per heavy atom. The molecule has 0 heterocycles. The second-order valence-electron chi connectivity index (χ2n) is 8.35. The first-order valence-electron chi connectivity index (χ1n) is 9.04. The van der Waals surface area contributed by atoms with Gasteiger partial charge >= 0.3 is 0 Å². The largest absolute Gasteiger partial charge is 0.372 e. The SMILES string of the molecule is CCC(C)(/C=C(\C)C#N)C1(C)CCCCC(C)(BN)CCC1. The van der Waals surface area contributed by atoms with Gasteiger partial charge in [-0.1, -0.05) is 65.9 Å². The molecule has 1 saturated carbocycles. The van der Waals surface area contributed by atoms with Crippen LogP contribution in [0.2, 0.25) is 5.31 Å². The summed E-state index contributed by atoms with van der Waals surface area (Å²) in [5.41, 5.74) is 7.27. The monoisotopic (exact) mass is 302 g/mol. The van der Waals surface area contributed by atoms with Gasteiger partial charge in [-0.25, -0.2) is 0 Å². The van der Waals surface area contributed by atoms with Gasteiger partial charge in [-0.05, 0) is 42.3 Å². The molecule has 22 heavy (non-hydrogen) atoms. The lowest BCUT2D eigenvalue weighted by atomic mass is 9.57. The minimum absolute atomic E-state index is 0.107. The van der Waals surface area contributed by atoms with Gasteiger partial charge < -0.3 is 5.64 Å². The highest BCUT2D eigenvalue weighted by Crippen LogP contribution is 2.52. The summed E-state index contributed by atoms with van der Waals surface area (Å²) in [7, 11) is 0.808. The van der Waals surface area contributed by atoms with Crippen molar-refractivity contribution < 1.29 is 0 Å². The van der Waals surface area contributed by atoms with Gasteiger partial charge in [0.1, 0.15) is 0 Å². The highest BCUT2D eigenvalue weighted by Gasteiger charge is 2.42. The molecule has 0 saturated heterocycles. The van der Waals surface area contributed by atoms with E-state index >= 15 is 0 Å². The van der Waals surface area contributed by atoms with E-state index in [1.54, 1.807) is 0 Å². The van der Waals surface area contributed by atoms with Crippen LogP contribution < -0.4 is 5.64 Å². The molecule has 3 atom stereocenters. The number of hydrogen-bond donors (Lipinski definition) is 1. The normalized spacial score (nSPS) is 33.8. The fraction of sp³-hybridized carbons (Fsp3) is 0.842. The molecule has 3 heteroatoms. The molecule has 0 bridgehead atoms. The summed E-state index contributed by atoms with van der Waals surface area (Å²) >= 11 is 0. The first-order chi connectivity index (χ1) is 10.2. The Hall–Kier alpha value is -0.745. The molecule has 0 aromatic rings. The van der Waals surface area contributed by atoms with Crippen LogP contribution >= 0.6 is 0 Å². The summed E-state index contributed by atoms with van der Waals surface area (Å²) in [4.78, 5) is 0. The van der Waals surface area contributed by atoms with Crippen molar-refractivity contribution in [3.8, 4) is 6.07 Å². The lowest BCUT2D eigenvalue weighted by molar-refractivity contribution is 0.0853. The average Bonchev–Trinajstić information content (AvgIpc) is 2.58. The van der Waals surface area contributed by atoms with Gasteiger partial charge in [-0.3, -0.25) is 0 Å². The molecule has 1 fully saturated rings. The standard InChI is InChI=1S/C19H35BN2/c1-6-17(3,14-16(2)15-21)18(4)10-7-8-12-19(5,20-22)13-9-11-18/h14,20H,6-13,22H2,1-5H3/b16-14+. The Balaban J connectivity index is 3.02. The molecule has 1 aliphatic carbocycles. The van der Waals surface area contributed by atoms with Crippen LogP contribution in [0.25, 0.3) is 0 Å². The van der Waals surface area contributed by atoms with E-state index in [-0.39, 0.29) is 10.8 Å². The molecule has 124 valence electrons. The van der Waals surface area contributed by atoms with Crippen LogP contribution in [-0.2, 0) is 0 Å². The number of nitrogens with zero attached hydrogens (tertiary/aromatic N) is 1. The third kappa shape index (κ3) is 4.38. The van der Waals surface area contributed by atoms with Gasteiger partial charge in [0.2, 0.25) is 7.41 Å². The summed E-state index contributed by atoms with van der Waals surface area (Å²) in [5, 5.41) is 9.52. The third-order valence-electron chi connectivity index (χ3n) is 6.59. The molecule has 0 spiro atoms. The van der Waals surface area contributed by atoms with Crippen LogP contribution in [0.1, 0.15) is 86.0 Å². The molecular weight excluding hydrogens is 267 g/mol. The Labute approximate surface area is 138 Å². The van der Waals surface area contributed by atoms with E-state index in [2.05, 4.69) is 39.8 Å². The van der Waals surface area contributed by atoms with Crippen molar-refractivity contribution >= 4 is 7.41 Å². The first kappa shape index (κ1) is 19.3. The van der Waals surface area contributed by atoms with Crippen molar-refractivity contribution in [1.29, 1.82) is 5.26 Å². The van der Waals surface area contributed by atoms with Gasteiger partial charge in [0.25, 0.3) is 0 Å². The Morgan fingerprint density at radius 2 is 1.77 bits per heavy atom. The molecule has 0 aromatic heterocycles. The van der Waals surface area contributed by atoms with Crippen LogP contribution in [0, 0.1) is 22.2 Å². The van der Waals surface area contributed by atoms with Crippen LogP contribution in [0.3, 0.4) is 0 Å². The van der Waals surface area contributed by atoms with Crippen molar-refractivity contribution in [1.82, 2.24) is 0 Å². The van der Waals surface area contributed by atoms with E-state index in [0.29, 0.717) is 5.31 Å². The molecule has 0 radical (unpaired) electrons. The molecule has 0 amide bonds. The number of nitrogens with two attached hydrogens (primary N) is 1.